The standard InChI is InChI=1S/C11H17N5O/c17-11(15-4-1-5-15)8-16-7-10(13-14-16)6-12-9-2-3-9/h7,9,12H,1-6,8H2. The van der Waals surface area contributed by atoms with E-state index in [0.29, 0.717) is 12.6 Å². The van der Waals surface area contributed by atoms with Crippen LogP contribution in [0.25, 0.3) is 0 Å². The van der Waals surface area contributed by atoms with Gasteiger partial charge in [0.25, 0.3) is 0 Å². The molecule has 2 fully saturated rings. The zero-order valence-electron chi connectivity index (χ0n) is 9.80. The van der Waals surface area contributed by atoms with E-state index in [2.05, 4.69) is 15.6 Å². The topological polar surface area (TPSA) is 63.1 Å². The summed E-state index contributed by atoms with van der Waals surface area (Å²) in [5, 5.41) is 11.4. The van der Waals surface area contributed by atoms with Crippen LogP contribution < -0.4 is 5.32 Å². The Balaban J connectivity index is 1.50. The molecule has 2 heterocycles. The van der Waals surface area contributed by atoms with Crippen molar-refractivity contribution in [3.05, 3.63) is 11.9 Å². The zero-order valence-corrected chi connectivity index (χ0v) is 9.80. The average molecular weight is 235 g/mol. The first-order chi connectivity index (χ1) is 8.31. The van der Waals surface area contributed by atoms with Gasteiger partial charge in [-0.25, -0.2) is 4.68 Å². The van der Waals surface area contributed by atoms with Gasteiger partial charge in [-0.05, 0) is 19.3 Å². The quantitative estimate of drug-likeness (QED) is 0.765. The minimum absolute atomic E-state index is 0.142. The highest BCUT2D eigenvalue weighted by molar-refractivity contribution is 5.76. The lowest BCUT2D eigenvalue weighted by atomic mass is 10.2. The van der Waals surface area contributed by atoms with E-state index in [9.17, 15) is 4.79 Å². The van der Waals surface area contributed by atoms with Crippen LogP contribution in [0.5, 0.6) is 0 Å². The molecule has 1 aromatic heterocycles. The zero-order chi connectivity index (χ0) is 11.7. The maximum absolute atomic E-state index is 11.7. The Bertz CT molecular complexity index is 408. The summed E-state index contributed by atoms with van der Waals surface area (Å²) in [6, 6.07) is 0.669. The van der Waals surface area contributed by atoms with E-state index in [0.717, 1.165) is 31.7 Å². The first-order valence-corrected chi connectivity index (χ1v) is 6.21. The summed E-state index contributed by atoms with van der Waals surface area (Å²) in [5.74, 6) is 0.142. The number of amides is 1. The second-order valence-electron chi connectivity index (χ2n) is 4.80. The third-order valence-electron chi connectivity index (χ3n) is 3.24. The van der Waals surface area contributed by atoms with E-state index in [1.165, 1.54) is 12.8 Å². The third kappa shape index (κ3) is 2.63. The highest BCUT2D eigenvalue weighted by Crippen LogP contribution is 2.18. The Morgan fingerprint density at radius 3 is 2.94 bits per heavy atom. The largest absolute Gasteiger partial charge is 0.341 e. The summed E-state index contributed by atoms with van der Waals surface area (Å²) in [5.41, 5.74) is 0.910. The van der Waals surface area contributed by atoms with E-state index in [-0.39, 0.29) is 5.91 Å². The first kappa shape index (κ1) is 10.7. The molecule has 0 atom stereocenters. The molecule has 6 heteroatoms. The van der Waals surface area contributed by atoms with Crippen LogP contribution in [-0.4, -0.2) is 44.9 Å². The molecule has 92 valence electrons. The van der Waals surface area contributed by atoms with Gasteiger partial charge in [0, 0.05) is 25.7 Å². The molecule has 0 spiro atoms. The van der Waals surface area contributed by atoms with E-state index in [1.54, 1.807) is 4.68 Å². The van der Waals surface area contributed by atoms with Crippen LogP contribution in [0.2, 0.25) is 0 Å². The maximum Gasteiger partial charge on any atom is 0.244 e. The molecular formula is C11H17N5O. The van der Waals surface area contributed by atoms with Gasteiger partial charge in [-0.3, -0.25) is 4.79 Å². The lowest BCUT2D eigenvalue weighted by Gasteiger charge is -2.30. The molecule has 1 saturated heterocycles. The summed E-state index contributed by atoms with van der Waals surface area (Å²) in [7, 11) is 0. The van der Waals surface area contributed by atoms with Crippen molar-refractivity contribution < 1.29 is 4.79 Å². The molecule has 0 unspecified atom stereocenters. The number of likely N-dealkylation sites (tertiary alicyclic amines) is 1. The van der Waals surface area contributed by atoms with Gasteiger partial charge >= 0.3 is 0 Å². The number of carbonyl (C=O) groups excluding carboxylic acids is 1. The molecule has 17 heavy (non-hydrogen) atoms. The van der Waals surface area contributed by atoms with Gasteiger partial charge in [-0.1, -0.05) is 5.21 Å². The predicted molar refractivity (Wildman–Crippen MR) is 61.1 cm³/mol. The molecule has 6 nitrogen and oxygen atoms in total. The summed E-state index contributed by atoms with van der Waals surface area (Å²) < 4.78 is 1.63. The van der Waals surface area contributed by atoms with Gasteiger partial charge in [0.2, 0.25) is 5.91 Å². The summed E-state index contributed by atoms with van der Waals surface area (Å²) >= 11 is 0. The molecule has 2 aliphatic rings. The Kier molecular flexibility index (Phi) is 2.80. The second kappa shape index (κ2) is 4.44. The van der Waals surface area contributed by atoms with Crippen LogP contribution in [0.15, 0.2) is 6.20 Å². The van der Waals surface area contributed by atoms with Crippen molar-refractivity contribution in [2.45, 2.75) is 38.4 Å². The van der Waals surface area contributed by atoms with Crippen molar-refractivity contribution >= 4 is 5.91 Å². The van der Waals surface area contributed by atoms with Crippen molar-refractivity contribution in [3.63, 3.8) is 0 Å². The monoisotopic (exact) mass is 235 g/mol. The van der Waals surface area contributed by atoms with Gasteiger partial charge in [0.15, 0.2) is 0 Å². The Hall–Kier alpha value is -1.43. The van der Waals surface area contributed by atoms with Gasteiger partial charge < -0.3 is 10.2 Å². The molecule has 1 amide bonds. The molecule has 1 aliphatic heterocycles. The molecule has 0 radical (unpaired) electrons. The van der Waals surface area contributed by atoms with Crippen molar-refractivity contribution in [2.75, 3.05) is 13.1 Å². The van der Waals surface area contributed by atoms with Crippen LogP contribution in [0, 0.1) is 0 Å². The normalized spacial score (nSPS) is 19.2. The molecule has 0 aromatic carbocycles. The summed E-state index contributed by atoms with van der Waals surface area (Å²) in [4.78, 5) is 13.6. The van der Waals surface area contributed by atoms with Gasteiger partial charge in [0.05, 0.1) is 11.9 Å². The minimum atomic E-state index is 0.142. The fraction of sp³-hybridized carbons (Fsp3) is 0.727. The van der Waals surface area contributed by atoms with Crippen molar-refractivity contribution in [3.8, 4) is 0 Å². The summed E-state index contributed by atoms with van der Waals surface area (Å²) in [6.07, 6.45) is 5.51. The fourth-order valence-corrected chi connectivity index (χ4v) is 1.84. The van der Waals surface area contributed by atoms with Crippen LogP contribution >= 0.6 is 0 Å². The molecule has 1 N–H and O–H groups in total. The fourth-order valence-electron chi connectivity index (χ4n) is 1.84. The minimum Gasteiger partial charge on any atom is -0.341 e. The lowest BCUT2D eigenvalue weighted by molar-refractivity contribution is -0.135. The maximum atomic E-state index is 11.7. The summed E-state index contributed by atoms with van der Waals surface area (Å²) in [6.45, 7) is 2.85. The van der Waals surface area contributed by atoms with Gasteiger partial charge in [0.1, 0.15) is 6.54 Å². The Morgan fingerprint density at radius 1 is 1.47 bits per heavy atom. The van der Waals surface area contributed by atoms with Crippen LogP contribution in [-0.2, 0) is 17.9 Å². The van der Waals surface area contributed by atoms with E-state index in [4.69, 9.17) is 0 Å². The van der Waals surface area contributed by atoms with Crippen molar-refractivity contribution in [1.29, 1.82) is 0 Å². The van der Waals surface area contributed by atoms with E-state index >= 15 is 0 Å². The molecule has 1 saturated carbocycles. The third-order valence-corrected chi connectivity index (χ3v) is 3.24. The Morgan fingerprint density at radius 2 is 2.29 bits per heavy atom. The first-order valence-electron chi connectivity index (χ1n) is 6.21. The average Bonchev–Trinajstić information content (AvgIpc) is 2.95. The number of rotatable bonds is 5. The molecule has 0 bridgehead atoms. The highest BCUT2D eigenvalue weighted by atomic mass is 16.2. The van der Waals surface area contributed by atoms with Crippen LogP contribution in [0.4, 0.5) is 0 Å². The number of carbonyl (C=O) groups is 1. The lowest BCUT2D eigenvalue weighted by Crippen LogP contribution is -2.43. The molecule has 1 aromatic rings. The van der Waals surface area contributed by atoms with Crippen LogP contribution in [0.3, 0.4) is 0 Å². The number of nitrogens with one attached hydrogen (secondary N) is 1. The molecule has 3 rings (SSSR count). The number of nitrogens with zero attached hydrogens (tertiary/aromatic N) is 4. The van der Waals surface area contributed by atoms with E-state index < -0.39 is 0 Å². The number of hydrogen-bond acceptors (Lipinski definition) is 4. The predicted octanol–water partition coefficient (Wildman–Crippen LogP) is -0.238. The van der Waals surface area contributed by atoms with Gasteiger partial charge in [-0.2, -0.15) is 0 Å². The Labute approximate surface area is 100.0 Å². The highest BCUT2D eigenvalue weighted by Gasteiger charge is 2.22. The van der Waals surface area contributed by atoms with E-state index in [1.807, 2.05) is 11.1 Å². The second-order valence-corrected chi connectivity index (χ2v) is 4.80. The van der Waals surface area contributed by atoms with Crippen molar-refractivity contribution in [2.24, 2.45) is 0 Å². The smallest absolute Gasteiger partial charge is 0.244 e. The molecule has 1 aliphatic carbocycles. The number of aromatic nitrogens is 3. The van der Waals surface area contributed by atoms with Gasteiger partial charge in [-0.15, -0.1) is 5.10 Å². The SMILES string of the molecule is O=C(Cn1cc(CNC2CC2)nn1)N1CCC1. The molecular weight excluding hydrogens is 218 g/mol. The van der Waals surface area contributed by atoms with Crippen LogP contribution in [0.1, 0.15) is 25.0 Å². The van der Waals surface area contributed by atoms with Crippen molar-refractivity contribution in [1.82, 2.24) is 25.2 Å². The number of hydrogen-bond donors (Lipinski definition) is 1.